The number of benzene rings is 2. The van der Waals surface area contributed by atoms with Crippen LogP contribution in [-0.4, -0.2) is 22.3 Å². The first-order chi connectivity index (χ1) is 17.0. The van der Waals surface area contributed by atoms with Crippen molar-refractivity contribution in [3.8, 4) is 11.5 Å². The van der Waals surface area contributed by atoms with E-state index in [1.807, 2.05) is 97.2 Å². The number of nitrogens with one attached hydrogen (secondary N) is 2. The van der Waals surface area contributed by atoms with Gasteiger partial charge < -0.3 is 34.1 Å². The molecule has 5 rings (SSSR count). The van der Waals surface area contributed by atoms with Gasteiger partial charge in [0.15, 0.2) is 0 Å². The fourth-order valence-electron chi connectivity index (χ4n) is 3.31. The standard InChI is InChI=1S/2C13H12NO.C5H5.ClH.Ti/c2*14-12-7-3-1-5-10(12)9-11-6-2-4-8-13(11)15;1-2-4-5-3-1;;/h2*1-9,12,14-15H;1-3H,4H2;1H;/q3*-1;;+4/p-1. The number of halogens is 1. The zero-order chi connectivity index (χ0) is 24.9. The second-order valence-electron chi connectivity index (χ2n) is 7.85. The van der Waals surface area contributed by atoms with Crippen molar-refractivity contribution in [1.82, 2.24) is 0 Å². The van der Waals surface area contributed by atoms with E-state index < -0.39 is 0 Å². The maximum atomic E-state index is 9.58. The molecule has 0 radical (unpaired) electrons. The van der Waals surface area contributed by atoms with Gasteiger partial charge in [0, 0.05) is 11.1 Å². The van der Waals surface area contributed by atoms with Gasteiger partial charge in [0.1, 0.15) is 11.5 Å². The van der Waals surface area contributed by atoms with Crippen LogP contribution in [0.3, 0.4) is 0 Å². The van der Waals surface area contributed by atoms with E-state index in [1.165, 1.54) is 0 Å². The zero-order valence-corrected chi connectivity index (χ0v) is 22.6. The molecular formula is C31H29ClN2O2Ti. The van der Waals surface area contributed by atoms with Gasteiger partial charge in [-0.25, -0.2) is 12.2 Å². The molecule has 37 heavy (non-hydrogen) atoms. The van der Waals surface area contributed by atoms with E-state index in [9.17, 15) is 10.2 Å². The first-order valence-electron chi connectivity index (χ1n) is 11.4. The first-order valence-corrected chi connectivity index (χ1v) is 11.4. The van der Waals surface area contributed by atoms with Gasteiger partial charge in [-0.3, -0.25) is 6.08 Å². The minimum absolute atomic E-state index is 0. The van der Waals surface area contributed by atoms with Crippen LogP contribution in [0.1, 0.15) is 17.5 Å². The Morgan fingerprint density at radius 3 is 1.49 bits per heavy atom. The van der Waals surface area contributed by atoms with Crippen molar-refractivity contribution in [3.63, 3.8) is 0 Å². The van der Waals surface area contributed by atoms with E-state index in [1.54, 1.807) is 24.3 Å². The Bertz CT molecular complexity index is 1140. The predicted molar refractivity (Wildman–Crippen MR) is 147 cm³/mol. The SMILES string of the molecule is [C-]1=CC=CC1.[Cl-].[NH-]C1C=CC=CC1=Cc1ccccc1O.[NH-]C1C=CC=CC1=Cc1ccccc1O.[Ti+4]. The van der Waals surface area contributed by atoms with E-state index in [2.05, 4.69) is 12.2 Å². The third kappa shape index (κ3) is 10.8. The van der Waals surface area contributed by atoms with E-state index in [4.69, 9.17) is 11.5 Å². The van der Waals surface area contributed by atoms with Crippen molar-refractivity contribution in [2.45, 2.75) is 18.5 Å². The van der Waals surface area contributed by atoms with Crippen LogP contribution in [0.25, 0.3) is 23.6 Å². The number of allylic oxidation sites excluding steroid dienone is 8. The van der Waals surface area contributed by atoms with Gasteiger partial charge in [0.05, 0.1) is 0 Å². The molecule has 0 amide bonds. The van der Waals surface area contributed by atoms with E-state index in [0.29, 0.717) is 0 Å². The molecule has 3 aliphatic rings. The largest absolute Gasteiger partial charge is 4.00 e. The number of aromatic hydroxyl groups is 2. The van der Waals surface area contributed by atoms with Crippen molar-refractivity contribution in [2.24, 2.45) is 0 Å². The number of hydrogen-bond acceptors (Lipinski definition) is 2. The van der Waals surface area contributed by atoms with Crippen LogP contribution in [0, 0.1) is 6.08 Å². The summed E-state index contributed by atoms with van der Waals surface area (Å²) in [6, 6.07) is 13.6. The molecule has 0 spiro atoms. The molecule has 2 aromatic rings. The summed E-state index contributed by atoms with van der Waals surface area (Å²) in [5, 5.41) is 19.2. The van der Waals surface area contributed by atoms with Gasteiger partial charge in [0.25, 0.3) is 0 Å². The molecular weight excluding hydrogens is 516 g/mol. The maximum absolute atomic E-state index is 9.58. The molecule has 2 unspecified atom stereocenters. The van der Waals surface area contributed by atoms with Crippen molar-refractivity contribution in [1.29, 1.82) is 0 Å². The van der Waals surface area contributed by atoms with Crippen LogP contribution >= 0.6 is 0 Å². The minimum atomic E-state index is -0.338. The molecule has 0 aromatic heterocycles. The number of phenolic OH excluding ortho intramolecular Hbond substituents is 2. The van der Waals surface area contributed by atoms with Gasteiger partial charge in [-0.15, -0.1) is 6.42 Å². The van der Waals surface area contributed by atoms with Gasteiger partial charge in [-0.05, 0) is 24.3 Å². The van der Waals surface area contributed by atoms with Gasteiger partial charge >= 0.3 is 21.7 Å². The first kappa shape index (κ1) is 31.9. The molecule has 0 saturated carbocycles. The topological polar surface area (TPSA) is 88.1 Å². The predicted octanol–water partition coefficient (Wildman–Crippen LogP) is 4.95. The van der Waals surface area contributed by atoms with Crippen molar-refractivity contribution in [3.05, 3.63) is 155 Å². The Kier molecular flexibility index (Phi) is 15.0. The second-order valence-corrected chi connectivity index (χ2v) is 7.85. The Labute approximate surface area is 240 Å². The van der Waals surface area contributed by atoms with Gasteiger partial charge in [-0.2, -0.15) is 6.08 Å². The summed E-state index contributed by atoms with van der Waals surface area (Å²) < 4.78 is 0. The molecule has 4 N–H and O–H groups in total. The molecule has 4 nitrogen and oxygen atoms in total. The van der Waals surface area contributed by atoms with Crippen LogP contribution < -0.4 is 12.4 Å². The molecule has 0 saturated heterocycles. The normalized spacial score (nSPS) is 20.4. The average Bonchev–Trinajstić information content (AvgIpc) is 3.46. The molecule has 0 aliphatic heterocycles. The molecule has 0 heterocycles. The Morgan fingerprint density at radius 2 is 1.16 bits per heavy atom. The number of phenols is 2. The fraction of sp³-hybridized carbons (Fsp3) is 0.0968. The summed E-state index contributed by atoms with van der Waals surface area (Å²) in [5.74, 6) is 0.500. The summed E-state index contributed by atoms with van der Waals surface area (Å²) in [4.78, 5) is 0. The van der Waals surface area contributed by atoms with Gasteiger partial charge in [-0.1, -0.05) is 108 Å². The van der Waals surface area contributed by atoms with Crippen LogP contribution in [0.5, 0.6) is 11.5 Å². The third-order valence-electron chi connectivity index (χ3n) is 5.23. The second kappa shape index (κ2) is 17.4. The summed E-state index contributed by atoms with van der Waals surface area (Å²) in [5.41, 5.74) is 18.8. The fourth-order valence-corrected chi connectivity index (χ4v) is 3.31. The summed E-state index contributed by atoms with van der Waals surface area (Å²) in [6.07, 6.45) is 28.6. The summed E-state index contributed by atoms with van der Waals surface area (Å²) >= 11 is 0. The van der Waals surface area contributed by atoms with Crippen molar-refractivity contribution in [2.75, 3.05) is 0 Å². The molecule has 0 bridgehead atoms. The summed E-state index contributed by atoms with van der Waals surface area (Å²) in [7, 11) is 0. The molecule has 6 heteroatoms. The van der Waals surface area contributed by atoms with Crippen molar-refractivity contribution < 1.29 is 44.3 Å². The number of rotatable bonds is 2. The van der Waals surface area contributed by atoms with Crippen molar-refractivity contribution >= 4 is 12.2 Å². The monoisotopic (exact) mass is 544 g/mol. The molecule has 2 atom stereocenters. The smallest absolute Gasteiger partial charge is 1.00 e. The van der Waals surface area contributed by atoms with Crippen LogP contribution in [0.4, 0.5) is 0 Å². The molecule has 186 valence electrons. The quantitative estimate of drug-likeness (QED) is 0.414. The molecule has 0 fully saturated rings. The average molecular weight is 545 g/mol. The number of hydrogen-bond donors (Lipinski definition) is 2. The molecule has 3 aliphatic carbocycles. The summed E-state index contributed by atoms with van der Waals surface area (Å²) in [6.45, 7) is 0. The van der Waals surface area contributed by atoms with Crippen LogP contribution in [0.15, 0.2) is 127 Å². The van der Waals surface area contributed by atoms with Crippen LogP contribution in [0.2, 0.25) is 0 Å². The van der Waals surface area contributed by atoms with E-state index in [-0.39, 0.29) is 57.7 Å². The Hall–Kier alpha value is -3.12. The van der Waals surface area contributed by atoms with E-state index in [0.717, 1.165) is 28.7 Å². The number of para-hydroxylation sites is 2. The molecule has 2 aromatic carbocycles. The minimum Gasteiger partial charge on any atom is -1.00 e. The Balaban J connectivity index is 0.000000298. The zero-order valence-electron chi connectivity index (χ0n) is 20.3. The van der Waals surface area contributed by atoms with Gasteiger partial charge in [0.2, 0.25) is 0 Å². The van der Waals surface area contributed by atoms with E-state index >= 15 is 0 Å². The third-order valence-corrected chi connectivity index (χ3v) is 5.23. The Morgan fingerprint density at radius 1 is 0.703 bits per heavy atom. The van der Waals surface area contributed by atoms with Crippen LogP contribution in [-0.2, 0) is 21.7 Å². The maximum Gasteiger partial charge on any atom is 4.00 e.